The number of nitrogens with one attached hydrogen (secondary N) is 2. The molecule has 0 aromatic rings. The molecule has 0 heterocycles. The number of hydrogen-bond donors (Lipinski definition) is 4. The van der Waals surface area contributed by atoms with Crippen molar-refractivity contribution in [2.75, 3.05) is 12.0 Å². The summed E-state index contributed by atoms with van der Waals surface area (Å²) in [7, 11) is 0. The molecule has 0 fully saturated rings. The normalized spacial score (nSPS) is 14.1. The number of carboxylic acid groups (broad SMARTS) is 1. The Morgan fingerprint density at radius 1 is 1.24 bits per heavy atom. The highest BCUT2D eigenvalue weighted by molar-refractivity contribution is 7.98. The van der Waals surface area contributed by atoms with E-state index in [1.165, 1.54) is 0 Å². The number of nitrogens with two attached hydrogens (primary N) is 1. The molecule has 0 spiro atoms. The van der Waals surface area contributed by atoms with Crippen molar-refractivity contribution >= 4 is 29.7 Å². The number of amides is 3. The van der Waals surface area contributed by atoms with E-state index in [2.05, 4.69) is 10.6 Å². The fraction of sp³-hybridized carbons (Fsp3) is 0.769. The van der Waals surface area contributed by atoms with E-state index in [1.807, 2.05) is 27.0 Å². The number of hydrogen-bond acceptors (Lipinski definition) is 4. The van der Waals surface area contributed by atoms with Crippen LogP contribution in [-0.4, -0.2) is 47.1 Å². The second kappa shape index (κ2) is 8.76. The van der Waals surface area contributed by atoms with Gasteiger partial charge >= 0.3 is 12.0 Å². The second-order valence-electron chi connectivity index (χ2n) is 5.87. The molecule has 0 aliphatic heterocycles. The lowest BCUT2D eigenvalue weighted by molar-refractivity contribution is -0.138. The molecular formula is C13H25N3O4S. The Kier molecular flexibility index (Phi) is 8.16. The minimum absolute atomic E-state index is 0.180. The van der Waals surface area contributed by atoms with Crippen molar-refractivity contribution in [1.82, 2.24) is 10.6 Å². The van der Waals surface area contributed by atoms with Gasteiger partial charge < -0.3 is 21.5 Å². The lowest BCUT2D eigenvalue weighted by atomic mass is 9.84. The van der Waals surface area contributed by atoms with Crippen molar-refractivity contribution in [2.45, 2.75) is 45.7 Å². The van der Waals surface area contributed by atoms with Gasteiger partial charge in [0.05, 0.1) is 6.42 Å². The number of urea groups is 1. The van der Waals surface area contributed by atoms with Crippen molar-refractivity contribution in [3.05, 3.63) is 0 Å². The Hall–Kier alpha value is -1.44. The third-order valence-electron chi connectivity index (χ3n) is 2.98. The van der Waals surface area contributed by atoms with Crippen LogP contribution in [0.2, 0.25) is 0 Å². The summed E-state index contributed by atoms with van der Waals surface area (Å²) >= 11 is 1.54. The minimum Gasteiger partial charge on any atom is -0.481 e. The summed E-state index contributed by atoms with van der Waals surface area (Å²) in [6.07, 6.45) is 2.14. The van der Waals surface area contributed by atoms with Gasteiger partial charge in [-0.2, -0.15) is 11.8 Å². The first-order valence-corrected chi connectivity index (χ1v) is 8.04. The van der Waals surface area contributed by atoms with E-state index in [4.69, 9.17) is 10.8 Å². The highest BCUT2D eigenvalue weighted by atomic mass is 32.2. The number of thioether (sulfide) groups is 1. The first kappa shape index (κ1) is 19.6. The molecule has 0 saturated heterocycles. The Morgan fingerprint density at radius 3 is 2.19 bits per heavy atom. The summed E-state index contributed by atoms with van der Waals surface area (Å²) in [6, 6.07) is -2.07. The van der Waals surface area contributed by atoms with Gasteiger partial charge in [0.15, 0.2) is 0 Å². The average Bonchev–Trinajstić information content (AvgIpc) is 2.31. The Bertz CT molecular complexity index is 382. The topological polar surface area (TPSA) is 122 Å². The van der Waals surface area contributed by atoms with E-state index in [0.717, 1.165) is 0 Å². The zero-order chi connectivity index (χ0) is 16.6. The molecule has 5 N–H and O–H groups in total. The quantitative estimate of drug-likeness (QED) is 0.527. The van der Waals surface area contributed by atoms with Crippen molar-refractivity contribution in [3.63, 3.8) is 0 Å². The maximum absolute atomic E-state index is 12.2. The van der Waals surface area contributed by atoms with Crippen LogP contribution in [0, 0.1) is 5.41 Å². The van der Waals surface area contributed by atoms with Gasteiger partial charge in [0, 0.05) is 6.04 Å². The lowest BCUT2D eigenvalue weighted by Crippen LogP contribution is -2.54. The number of carbonyl (C=O) groups is 3. The number of carboxylic acids is 1. The molecule has 2 unspecified atom stereocenters. The van der Waals surface area contributed by atoms with Gasteiger partial charge in [0.2, 0.25) is 5.91 Å². The summed E-state index contributed by atoms with van der Waals surface area (Å²) in [5.41, 5.74) is 4.66. The Balaban J connectivity index is 4.88. The summed E-state index contributed by atoms with van der Waals surface area (Å²) in [5, 5.41) is 14.0. The summed E-state index contributed by atoms with van der Waals surface area (Å²) in [4.78, 5) is 34.1. The van der Waals surface area contributed by atoms with E-state index in [9.17, 15) is 14.4 Å². The van der Waals surface area contributed by atoms with Crippen LogP contribution in [0.25, 0.3) is 0 Å². The molecule has 0 aliphatic rings. The van der Waals surface area contributed by atoms with E-state index in [0.29, 0.717) is 12.2 Å². The van der Waals surface area contributed by atoms with Crippen molar-refractivity contribution in [2.24, 2.45) is 11.1 Å². The molecule has 0 radical (unpaired) electrons. The molecule has 0 aliphatic carbocycles. The van der Waals surface area contributed by atoms with Crippen molar-refractivity contribution in [1.29, 1.82) is 0 Å². The van der Waals surface area contributed by atoms with Crippen LogP contribution in [0.3, 0.4) is 0 Å². The van der Waals surface area contributed by atoms with Crippen molar-refractivity contribution < 1.29 is 19.5 Å². The van der Waals surface area contributed by atoms with Gasteiger partial charge in [-0.05, 0) is 23.8 Å². The molecule has 0 aromatic carbocycles. The van der Waals surface area contributed by atoms with Gasteiger partial charge in [-0.25, -0.2) is 4.79 Å². The largest absolute Gasteiger partial charge is 0.481 e. The van der Waals surface area contributed by atoms with Gasteiger partial charge in [-0.3, -0.25) is 9.59 Å². The Labute approximate surface area is 129 Å². The van der Waals surface area contributed by atoms with Crippen LogP contribution in [0.15, 0.2) is 0 Å². The van der Waals surface area contributed by atoms with Crippen LogP contribution in [-0.2, 0) is 9.59 Å². The van der Waals surface area contributed by atoms with Gasteiger partial charge in [-0.1, -0.05) is 20.8 Å². The zero-order valence-electron chi connectivity index (χ0n) is 12.9. The number of aliphatic carboxylic acids is 1. The average molecular weight is 319 g/mol. The maximum Gasteiger partial charge on any atom is 0.312 e. The van der Waals surface area contributed by atoms with E-state index < -0.39 is 35.4 Å². The van der Waals surface area contributed by atoms with E-state index >= 15 is 0 Å². The van der Waals surface area contributed by atoms with Gasteiger partial charge in [-0.15, -0.1) is 0 Å². The Morgan fingerprint density at radius 2 is 1.81 bits per heavy atom. The minimum atomic E-state index is -0.987. The first-order chi connectivity index (χ1) is 9.57. The zero-order valence-corrected chi connectivity index (χ0v) is 13.8. The fourth-order valence-electron chi connectivity index (χ4n) is 1.70. The maximum atomic E-state index is 12.2. The standard InChI is InChI=1S/C13H25N3O4S/c1-13(2,3)9(7-10(17)18)16-11(19)8(5-6-21-4)15-12(14)20/h8-9H,5-7H2,1-4H3,(H,16,19)(H,17,18)(H3,14,15,20). The van der Waals surface area contributed by atoms with Gasteiger partial charge in [0.25, 0.3) is 0 Å². The van der Waals surface area contributed by atoms with Crippen molar-refractivity contribution in [3.8, 4) is 0 Å². The van der Waals surface area contributed by atoms with Crippen LogP contribution in [0.5, 0.6) is 0 Å². The number of rotatable bonds is 8. The van der Waals surface area contributed by atoms with E-state index in [1.54, 1.807) is 11.8 Å². The van der Waals surface area contributed by atoms with Crippen LogP contribution < -0.4 is 16.4 Å². The summed E-state index contributed by atoms with van der Waals surface area (Å²) in [6.45, 7) is 5.54. The van der Waals surface area contributed by atoms with Crippen LogP contribution in [0.4, 0.5) is 4.79 Å². The predicted molar refractivity (Wildman–Crippen MR) is 83.1 cm³/mol. The third kappa shape index (κ3) is 8.44. The fourth-order valence-corrected chi connectivity index (χ4v) is 2.17. The molecule has 3 amide bonds. The lowest BCUT2D eigenvalue weighted by Gasteiger charge is -2.31. The SMILES string of the molecule is CSCCC(NC(N)=O)C(=O)NC(CC(=O)O)C(C)(C)C. The number of carbonyl (C=O) groups excluding carboxylic acids is 2. The summed E-state index contributed by atoms with van der Waals surface area (Å²) in [5.74, 6) is -0.722. The molecule has 0 bridgehead atoms. The molecule has 21 heavy (non-hydrogen) atoms. The van der Waals surface area contributed by atoms with Crippen LogP contribution >= 0.6 is 11.8 Å². The highest BCUT2D eigenvalue weighted by Crippen LogP contribution is 2.22. The van der Waals surface area contributed by atoms with Gasteiger partial charge in [0.1, 0.15) is 6.04 Å². The summed E-state index contributed by atoms with van der Waals surface area (Å²) < 4.78 is 0. The second-order valence-corrected chi connectivity index (χ2v) is 6.85. The number of primary amides is 1. The third-order valence-corrected chi connectivity index (χ3v) is 3.63. The highest BCUT2D eigenvalue weighted by Gasteiger charge is 2.31. The monoisotopic (exact) mass is 319 g/mol. The first-order valence-electron chi connectivity index (χ1n) is 6.65. The molecule has 2 atom stereocenters. The van der Waals surface area contributed by atoms with E-state index in [-0.39, 0.29) is 6.42 Å². The molecule has 7 nitrogen and oxygen atoms in total. The smallest absolute Gasteiger partial charge is 0.312 e. The molecule has 122 valence electrons. The molecule has 0 aromatic heterocycles. The predicted octanol–water partition coefficient (Wildman–Crippen LogP) is 0.782. The molecular weight excluding hydrogens is 294 g/mol. The molecule has 0 saturated carbocycles. The molecule has 0 rings (SSSR count). The molecule has 8 heteroatoms. The van der Waals surface area contributed by atoms with Crippen LogP contribution in [0.1, 0.15) is 33.6 Å².